The number of phenols is 1. The number of nitrogens with zero attached hydrogens (tertiary/aromatic N) is 1. The van der Waals surface area contributed by atoms with Gasteiger partial charge in [0, 0.05) is 19.0 Å². The number of phenolic OH excluding ortho intramolecular Hbond substituents is 1. The molecule has 2 fully saturated rings. The number of aromatic hydroxyl groups is 1. The maximum absolute atomic E-state index is 12.9. The van der Waals surface area contributed by atoms with Crippen molar-refractivity contribution < 1.29 is 24.2 Å². The highest BCUT2D eigenvalue weighted by atomic mass is 16.5. The average molecular weight is 347 g/mol. The van der Waals surface area contributed by atoms with Crippen molar-refractivity contribution >= 4 is 17.8 Å². The molecule has 0 aromatic heterocycles. The van der Waals surface area contributed by atoms with Crippen molar-refractivity contribution in [3.8, 4) is 11.5 Å². The summed E-state index contributed by atoms with van der Waals surface area (Å²) in [4.78, 5) is 37.7. The number of benzene rings is 1. The Morgan fingerprint density at radius 2 is 2.08 bits per heavy atom. The van der Waals surface area contributed by atoms with Gasteiger partial charge in [0.1, 0.15) is 6.04 Å². The Morgan fingerprint density at radius 1 is 1.32 bits per heavy atom. The lowest BCUT2D eigenvalue weighted by molar-refractivity contribution is -0.134. The van der Waals surface area contributed by atoms with E-state index in [1.807, 2.05) is 0 Å². The highest BCUT2D eigenvalue weighted by Crippen LogP contribution is 2.32. The first kappa shape index (κ1) is 17.1. The van der Waals surface area contributed by atoms with E-state index in [2.05, 4.69) is 10.6 Å². The van der Waals surface area contributed by atoms with Crippen LogP contribution in [0.1, 0.15) is 31.2 Å². The number of rotatable bonds is 5. The average Bonchev–Trinajstić information content (AvgIpc) is 3.42. The Morgan fingerprint density at radius 3 is 2.76 bits per heavy atom. The molecule has 8 heteroatoms. The molecule has 0 unspecified atom stereocenters. The van der Waals surface area contributed by atoms with Crippen molar-refractivity contribution in [2.24, 2.45) is 0 Å². The van der Waals surface area contributed by atoms with Crippen LogP contribution >= 0.6 is 0 Å². The van der Waals surface area contributed by atoms with Gasteiger partial charge in [0.15, 0.2) is 11.5 Å². The van der Waals surface area contributed by atoms with Crippen LogP contribution in [0.5, 0.6) is 11.5 Å². The molecule has 0 radical (unpaired) electrons. The van der Waals surface area contributed by atoms with Gasteiger partial charge in [-0.05, 0) is 37.0 Å². The zero-order valence-corrected chi connectivity index (χ0v) is 13.9. The Bertz CT molecular complexity index is 702. The first-order chi connectivity index (χ1) is 12.0. The zero-order valence-electron chi connectivity index (χ0n) is 13.9. The molecule has 1 aromatic carbocycles. The molecule has 25 heavy (non-hydrogen) atoms. The predicted molar refractivity (Wildman–Crippen MR) is 87.9 cm³/mol. The fourth-order valence-electron chi connectivity index (χ4n) is 2.91. The molecule has 8 nitrogen and oxygen atoms in total. The van der Waals surface area contributed by atoms with Gasteiger partial charge in [-0.3, -0.25) is 14.9 Å². The van der Waals surface area contributed by atoms with Crippen LogP contribution < -0.4 is 15.4 Å². The van der Waals surface area contributed by atoms with Crippen LogP contribution in [0.25, 0.3) is 0 Å². The normalized spacial score (nSPS) is 20.3. The number of hydrogen-bond acceptors (Lipinski definition) is 5. The summed E-state index contributed by atoms with van der Waals surface area (Å²) >= 11 is 0. The number of methoxy groups -OCH3 is 1. The second kappa shape index (κ2) is 7.00. The van der Waals surface area contributed by atoms with Crippen molar-refractivity contribution in [2.45, 2.75) is 44.3 Å². The van der Waals surface area contributed by atoms with E-state index in [0.717, 1.165) is 18.4 Å². The number of amides is 4. The highest BCUT2D eigenvalue weighted by molar-refractivity contribution is 5.98. The topological polar surface area (TPSA) is 108 Å². The molecule has 1 heterocycles. The van der Waals surface area contributed by atoms with Crippen LogP contribution in [0.15, 0.2) is 18.2 Å². The largest absolute Gasteiger partial charge is 0.504 e. The van der Waals surface area contributed by atoms with E-state index in [4.69, 9.17) is 4.74 Å². The van der Waals surface area contributed by atoms with Crippen LogP contribution in [0.4, 0.5) is 4.79 Å². The third-order valence-electron chi connectivity index (χ3n) is 4.38. The van der Waals surface area contributed by atoms with Gasteiger partial charge in [-0.25, -0.2) is 4.79 Å². The Balaban J connectivity index is 1.75. The summed E-state index contributed by atoms with van der Waals surface area (Å²) in [6.07, 6.45) is 2.23. The minimum Gasteiger partial charge on any atom is -0.504 e. The number of nitrogens with one attached hydrogen (secondary N) is 2. The molecular formula is C17H21N3O5. The van der Waals surface area contributed by atoms with Gasteiger partial charge in [0.05, 0.1) is 7.11 Å². The van der Waals surface area contributed by atoms with Crippen molar-refractivity contribution in [2.75, 3.05) is 7.11 Å². The molecule has 1 saturated heterocycles. The van der Waals surface area contributed by atoms with E-state index in [9.17, 15) is 19.5 Å². The lowest BCUT2D eigenvalue weighted by atomic mass is 10.1. The summed E-state index contributed by atoms with van der Waals surface area (Å²) in [5.41, 5.74) is 0.823. The van der Waals surface area contributed by atoms with Gasteiger partial charge in [0.25, 0.3) is 0 Å². The Kier molecular flexibility index (Phi) is 4.78. The maximum Gasteiger partial charge on any atom is 0.322 e. The number of carbonyl (C=O) groups is 3. The molecule has 2 aliphatic rings. The summed E-state index contributed by atoms with van der Waals surface area (Å²) in [6.45, 7) is 0.355. The van der Waals surface area contributed by atoms with Gasteiger partial charge in [-0.15, -0.1) is 0 Å². The van der Waals surface area contributed by atoms with Gasteiger partial charge in [0.2, 0.25) is 11.8 Å². The first-order valence-corrected chi connectivity index (χ1v) is 8.24. The molecule has 1 aliphatic heterocycles. The highest BCUT2D eigenvalue weighted by Gasteiger charge is 2.37. The third-order valence-corrected chi connectivity index (χ3v) is 4.38. The van der Waals surface area contributed by atoms with E-state index in [1.54, 1.807) is 17.0 Å². The van der Waals surface area contributed by atoms with E-state index in [0.29, 0.717) is 12.3 Å². The maximum atomic E-state index is 12.9. The fourth-order valence-corrected chi connectivity index (χ4v) is 2.91. The predicted octanol–water partition coefficient (Wildman–Crippen LogP) is 0.880. The van der Waals surface area contributed by atoms with Crippen molar-refractivity contribution in [3.05, 3.63) is 23.8 Å². The minimum absolute atomic E-state index is 0.0381. The van der Waals surface area contributed by atoms with E-state index < -0.39 is 12.1 Å². The van der Waals surface area contributed by atoms with Crippen molar-refractivity contribution in [1.29, 1.82) is 0 Å². The van der Waals surface area contributed by atoms with Gasteiger partial charge in [-0.2, -0.15) is 0 Å². The summed E-state index contributed by atoms with van der Waals surface area (Å²) < 4.78 is 5.11. The first-order valence-electron chi connectivity index (χ1n) is 8.24. The van der Waals surface area contributed by atoms with Crippen molar-refractivity contribution in [3.63, 3.8) is 0 Å². The lowest BCUT2D eigenvalue weighted by Crippen LogP contribution is -2.50. The van der Waals surface area contributed by atoms with E-state index >= 15 is 0 Å². The minimum atomic E-state index is -0.717. The van der Waals surface area contributed by atoms with Crippen LogP contribution in [0.3, 0.4) is 0 Å². The van der Waals surface area contributed by atoms with E-state index in [1.165, 1.54) is 13.2 Å². The standard InChI is InChI=1S/C17H21N3O5/c1-25-14-8-10(2-6-13(14)21)9-20(11-3-4-11)16(23)12-5-7-15(22)19-17(24)18-12/h2,6,8,11-12,21H,3-5,7,9H2,1H3,(H2,18,19,22,24)/t12-/m1/s1. The monoisotopic (exact) mass is 347 g/mol. The number of ether oxygens (including phenoxy) is 1. The second-order valence-corrected chi connectivity index (χ2v) is 6.32. The Labute approximate surface area is 145 Å². The zero-order chi connectivity index (χ0) is 18.0. The molecule has 0 bridgehead atoms. The molecule has 0 spiro atoms. The molecular weight excluding hydrogens is 326 g/mol. The van der Waals surface area contributed by atoms with Crippen LogP contribution in [0, 0.1) is 0 Å². The lowest BCUT2D eigenvalue weighted by Gasteiger charge is -2.27. The molecule has 3 rings (SSSR count). The van der Waals surface area contributed by atoms with E-state index in [-0.39, 0.29) is 36.4 Å². The number of carbonyl (C=O) groups excluding carboxylic acids is 3. The molecule has 134 valence electrons. The van der Waals surface area contributed by atoms with Gasteiger partial charge < -0.3 is 20.1 Å². The van der Waals surface area contributed by atoms with Crippen molar-refractivity contribution in [1.82, 2.24) is 15.5 Å². The summed E-state index contributed by atoms with van der Waals surface area (Å²) in [5.74, 6) is -0.192. The van der Waals surface area contributed by atoms with Crippen LogP contribution in [0.2, 0.25) is 0 Å². The molecule has 1 aromatic rings. The summed E-state index contributed by atoms with van der Waals surface area (Å²) in [6, 6.07) is 3.73. The number of urea groups is 1. The quantitative estimate of drug-likeness (QED) is 0.733. The third kappa shape index (κ3) is 4.01. The summed E-state index contributed by atoms with van der Waals surface area (Å²) in [7, 11) is 1.47. The summed E-state index contributed by atoms with van der Waals surface area (Å²) in [5, 5.41) is 14.4. The number of imide groups is 1. The fraction of sp³-hybridized carbons (Fsp3) is 0.471. The molecule has 1 atom stereocenters. The van der Waals surface area contributed by atoms with Gasteiger partial charge >= 0.3 is 6.03 Å². The molecule has 1 saturated carbocycles. The van der Waals surface area contributed by atoms with Crippen LogP contribution in [-0.2, 0) is 16.1 Å². The SMILES string of the molecule is COc1cc(CN(C(=O)[C@H]2CCC(=O)NC(=O)N2)C2CC2)ccc1O. The van der Waals surface area contributed by atoms with Gasteiger partial charge in [-0.1, -0.05) is 6.07 Å². The number of hydrogen-bond donors (Lipinski definition) is 3. The molecule has 1 aliphatic carbocycles. The smallest absolute Gasteiger partial charge is 0.322 e. The molecule has 4 amide bonds. The second-order valence-electron chi connectivity index (χ2n) is 6.32. The Hall–Kier alpha value is -2.77. The van der Waals surface area contributed by atoms with Crippen LogP contribution in [-0.4, -0.2) is 47.0 Å². The molecule has 3 N–H and O–H groups in total.